The number of fused-ring (bicyclic) bond motifs is 9. The minimum atomic E-state index is -0.114. The Bertz CT molecular complexity index is 3100. The van der Waals surface area contributed by atoms with Crippen molar-refractivity contribution in [2.45, 2.75) is 19.3 Å². The Morgan fingerprint density at radius 1 is 0.491 bits per heavy atom. The highest BCUT2D eigenvalue weighted by atomic mass is 32.1. The lowest BCUT2D eigenvalue weighted by Gasteiger charge is -2.22. The van der Waals surface area contributed by atoms with Gasteiger partial charge in [0.25, 0.3) is 0 Å². The van der Waals surface area contributed by atoms with E-state index in [1.54, 1.807) is 11.3 Å². The van der Waals surface area contributed by atoms with E-state index >= 15 is 0 Å². The van der Waals surface area contributed by atoms with E-state index in [0.717, 1.165) is 65.5 Å². The van der Waals surface area contributed by atoms with Gasteiger partial charge in [-0.25, -0.2) is 9.97 Å². The van der Waals surface area contributed by atoms with E-state index in [1.165, 1.54) is 38.1 Å². The zero-order valence-corrected chi connectivity index (χ0v) is 30.0. The molecule has 0 spiro atoms. The summed E-state index contributed by atoms with van der Waals surface area (Å²) in [6.07, 6.45) is 0. The second kappa shape index (κ2) is 11.3. The van der Waals surface area contributed by atoms with Gasteiger partial charge in [-0.1, -0.05) is 135 Å². The van der Waals surface area contributed by atoms with Gasteiger partial charge in [-0.15, -0.1) is 11.3 Å². The van der Waals surface area contributed by atoms with Crippen molar-refractivity contribution in [2.24, 2.45) is 0 Å². The van der Waals surface area contributed by atoms with Crippen molar-refractivity contribution in [2.75, 3.05) is 0 Å². The fraction of sp³-hybridized carbons (Fsp3) is 0.0612. The zero-order valence-electron chi connectivity index (χ0n) is 29.2. The highest BCUT2D eigenvalue weighted by Crippen LogP contribution is 2.50. The van der Waals surface area contributed by atoms with E-state index in [4.69, 9.17) is 14.4 Å². The quantitative estimate of drug-likeness (QED) is 0.184. The smallest absolute Gasteiger partial charge is 0.161 e. The van der Waals surface area contributed by atoms with Crippen molar-refractivity contribution >= 4 is 53.6 Å². The lowest BCUT2D eigenvalue weighted by atomic mass is 9.82. The molecule has 11 rings (SSSR count). The highest BCUT2D eigenvalue weighted by molar-refractivity contribution is 7.26. The summed E-state index contributed by atoms with van der Waals surface area (Å²) in [6.45, 7) is 4.66. The Morgan fingerprint density at radius 2 is 1.19 bits per heavy atom. The number of benzene rings is 7. The van der Waals surface area contributed by atoms with Crippen molar-refractivity contribution < 1.29 is 4.42 Å². The first-order chi connectivity index (χ1) is 26.0. The number of thiophene rings is 1. The minimum absolute atomic E-state index is 0.114. The summed E-state index contributed by atoms with van der Waals surface area (Å²) >= 11 is 1.77. The fourth-order valence-corrected chi connectivity index (χ4v) is 9.61. The summed E-state index contributed by atoms with van der Waals surface area (Å²) in [5, 5.41) is 3.23. The molecule has 3 aromatic heterocycles. The van der Waals surface area contributed by atoms with Crippen LogP contribution in [0.3, 0.4) is 0 Å². The maximum Gasteiger partial charge on any atom is 0.161 e. The van der Waals surface area contributed by atoms with Gasteiger partial charge in [0.05, 0.1) is 15.9 Å². The molecule has 0 saturated heterocycles. The number of rotatable bonds is 4. The van der Waals surface area contributed by atoms with Crippen molar-refractivity contribution in [3.05, 3.63) is 169 Å². The van der Waals surface area contributed by atoms with Crippen LogP contribution in [-0.2, 0) is 5.41 Å². The Hall–Kier alpha value is -6.36. The van der Waals surface area contributed by atoms with E-state index < -0.39 is 0 Å². The second-order valence-electron chi connectivity index (χ2n) is 14.5. The Morgan fingerprint density at radius 3 is 2.09 bits per heavy atom. The number of nitrogens with zero attached hydrogens (tertiary/aromatic N) is 2. The number of aromatic nitrogens is 2. The van der Waals surface area contributed by atoms with Crippen molar-refractivity contribution in [1.29, 1.82) is 0 Å². The molecule has 250 valence electrons. The molecule has 0 N–H and O–H groups in total. The summed E-state index contributed by atoms with van der Waals surface area (Å²) in [4.78, 5) is 10.9. The van der Waals surface area contributed by atoms with Crippen LogP contribution in [0, 0.1) is 0 Å². The van der Waals surface area contributed by atoms with Gasteiger partial charge < -0.3 is 4.42 Å². The summed E-state index contributed by atoms with van der Waals surface area (Å²) in [7, 11) is 0. The van der Waals surface area contributed by atoms with Gasteiger partial charge >= 0.3 is 0 Å². The van der Waals surface area contributed by atoms with Crippen molar-refractivity contribution in [3.63, 3.8) is 0 Å². The Labute approximate surface area is 310 Å². The summed E-state index contributed by atoms with van der Waals surface area (Å²) in [5.41, 5.74) is 15.6. The van der Waals surface area contributed by atoms with Gasteiger partial charge in [0.2, 0.25) is 0 Å². The fourth-order valence-electron chi connectivity index (χ4n) is 8.46. The molecule has 10 aromatic rings. The molecule has 0 radical (unpaired) electrons. The van der Waals surface area contributed by atoms with Crippen LogP contribution >= 0.6 is 11.3 Å². The largest absolute Gasteiger partial charge is 0.456 e. The Kier molecular flexibility index (Phi) is 6.47. The van der Waals surface area contributed by atoms with Gasteiger partial charge in [0.15, 0.2) is 5.82 Å². The summed E-state index contributed by atoms with van der Waals surface area (Å²) in [5.74, 6) is 0.698. The minimum Gasteiger partial charge on any atom is -0.456 e. The van der Waals surface area contributed by atoms with Crippen LogP contribution in [0.4, 0.5) is 0 Å². The molecule has 3 heterocycles. The molecular formula is C49H32N2OS. The van der Waals surface area contributed by atoms with E-state index in [2.05, 4.69) is 166 Å². The normalized spacial score (nSPS) is 13.2. The lowest BCUT2D eigenvalue weighted by molar-refractivity contribution is 0.660. The monoisotopic (exact) mass is 696 g/mol. The third-order valence-electron chi connectivity index (χ3n) is 11.1. The predicted octanol–water partition coefficient (Wildman–Crippen LogP) is 13.7. The average molecular weight is 697 g/mol. The van der Waals surface area contributed by atoms with Gasteiger partial charge in [0.1, 0.15) is 11.2 Å². The van der Waals surface area contributed by atoms with E-state index in [1.807, 2.05) is 6.07 Å². The van der Waals surface area contributed by atoms with Crippen LogP contribution in [0.5, 0.6) is 0 Å². The van der Waals surface area contributed by atoms with Gasteiger partial charge in [-0.3, -0.25) is 0 Å². The van der Waals surface area contributed by atoms with Crippen LogP contribution in [0.15, 0.2) is 162 Å². The van der Waals surface area contributed by atoms with Crippen LogP contribution in [0.25, 0.3) is 98.3 Å². The topological polar surface area (TPSA) is 38.9 Å². The molecule has 0 aliphatic heterocycles. The molecule has 7 aromatic carbocycles. The van der Waals surface area contributed by atoms with Crippen LogP contribution in [0.2, 0.25) is 0 Å². The molecule has 4 heteroatoms. The predicted molar refractivity (Wildman–Crippen MR) is 222 cm³/mol. The van der Waals surface area contributed by atoms with Gasteiger partial charge in [-0.05, 0) is 80.9 Å². The first kappa shape index (κ1) is 30.3. The average Bonchev–Trinajstić information content (AvgIpc) is 3.85. The molecule has 0 fully saturated rings. The standard InChI is InChI=1S/C49H32N2OS/c1-49(2)39-19-8-6-16-34(39)35-24-22-33(28-40(35)49)45-47-46(36-17-7-9-21-43(36)53-47)51-48(50-45)37-18-11-20-42-44(37)38-27-32(23-25-41(38)52-42)31-15-10-14-30(26-31)29-12-4-3-5-13-29/h3-28H,1-2H3. The molecule has 0 atom stereocenters. The third kappa shape index (κ3) is 4.59. The van der Waals surface area contributed by atoms with E-state index in [9.17, 15) is 0 Å². The van der Waals surface area contributed by atoms with E-state index in [0.29, 0.717) is 5.82 Å². The zero-order chi connectivity index (χ0) is 35.3. The summed E-state index contributed by atoms with van der Waals surface area (Å²) in [6, 6.07) is 56.3. The second-order valence-corrected chi connectivity index (χ2v) is 15.6. The molecular weight excluding hydrogens is 665 g/mol. The number of hydrogen-bond acceptors (Lipinski definition) is 4. The molecule has 53 heavy (non-hydrogen) atoms. The third-order valence-corrected chi connectivity index (χ3v) is 12.3. The molecule has 1 aliphatic carbocycles. The molecule has 1 aliphatic rings. The maximum absolute atomic E-state index is 6.51. The highest BCUT2D eigenvalue weighted by Gasteiger charge is 2.35. The SMILES string of the molecule is CC1(C)c2ccccc2-c2ccc(-c3nc(-c4cccc5oc6ccc(-c7cccc(-c8ccccc8)c7)cc6c45)nc4c3sc3ccccc34)cc21. The van der Waals surface area contributed by atoms with Crippen LogP contribution < -0.4 is 0 Å². The number of hydrogen-bond donors (Lipinski definition) is 0. The molecule has 3 nitrogen and oxygen atoms in total. The molecule has 0 unspecified atom stereocenters. The van der Waals surface area contributed by atoms with Crippen molar-refractivity contribution in [1.82, 2.24) is 9.97 Å². The van der Waals surface area contributed by atoms with Crippen molar-refractivity contribution in [3.8, 4) is 56.0 Å². The molecule has 0 saturated carbocycles. The number of furan rings is 1. The molecule has 0 amide bonds. The van der Waals surface area contributed by atoms with Crippen LogP contribution in [-0.4, -0.2) is 9.97 Å². The Balaban J connectivity index is 1.12. The van der Waals surface area contributed by atoms with E-state index in [-0.39, 0.29) is 5.41 Å². The summed E-state index contributed by atoms with van der Waals surface area (Å²) < 4.78 is 8.82. The first-order valence-electron chi connectivity index (χ1n) is 18.1. The first-order valence-corrected chi connectivity index (χ1v) is 18.9. The maximum atomic E-state index is 6.51. The molecule has 0 bridgehead atoms. The van der Waals surface area contributed by atoms with Gasteiger partial charge in [0, 0.05) is 37.4 Å². The van der Waals surface area contributed by atoms with Crippen LogP contribution in [0.1, 0.15) is 25.0 Å². The lowest BCUT2D eigenvalue weighted by Crippen LogP contribution is -2.14. The van der Waals surface area contributed by atoms with Gasteiger partial charge in [-0.2, -0.15) is 0 Å².